The average Bonchev–Trinajstić information content (AvgIpc) is 2.64. The minimum Gasteiger partial charge on any atom is -0.469 e. The number of hydrogen-bond acceptors (Lipinski definition) is 2. The highest BCUT2D eigenvalue weighted by molar-refractivity contribution is 5.76. The molecule has 1 saturated carbocycles. The van der Waals surface area contributed by atoms with Crippen LogP contribution in [0.25, 0.3) is 0 Å². The van der Waals surface area contributed by atoms with Gasteiger partial charge in [-0.3, -0.25) is 4.79 Å². The summed E-state index contributed by atoms with van der Waals surface area (Å²) in [4.78, 5) is 10.6. The molecule has 48 valence electrons. The van der Waals surface area contributed by atoms with E-state index in [1.54, 1.807) is 0 Å². The molecule has 0 aliphatic heterocycles. The predicted octanol–water partition coefficient (Wildman–Crippen LogP) is 0.429. The summed E-state index contributed by atoms with van der Waals surface area (Å²) in [7, 11) is 1.38. The van der Waals surface area contributed by atoms with Crippen LogP contribution in [0.4, 0.5) is 0 Å². The Morgan fingerprint density at radius 3 is 2.89 bits per heavy atom. The van der Waals surface area contributed by atoms with E-state index in [-0.39, 0.29) is 17.8 Å². The molecule has 2 nitrogen and oxygen atoms in total. The van der Waals surface area contributed by atoms with Gasteiger partial charge < -0.3 is 4.74 Å². The maximum atomic E-state index is 10.6. The molecule has 0 radical (unpaired) electrons. The Bertz CT molecular complexity index is 166. The van der Waals surface area contributed by atoms with Crippen molar-refractivity contribution in [2.45, 2.75) is 6.42 Å². The number of esters is 1. The maximum Gasteiger partial charge on any atom is 0.309 e. The fourth-order valence-corrected chi connectivity index (χ4v) is 0.791. The lowest BCUT2D eigenvalue weighted by Gasteiger charge is -1.91. The summed E-state index contributed by atoms with van der Waals surface area (Å²) in [6.07, 6.45) is 5.87. The fourth-order valence-electron chi connectivity index (χ4n) is 0.791. The van der Waals surface area contributed by atoms with E-state index >= 15 is 0 Å². The smallest absolute Gasteiger partial charge is 0.309 e. The van der Waals surface area contributed by atoms with Gasteiger partial charge in [0.2, 0.25) is 0 Å². The Labute approximate surface area is 54.2 Å². The highest BCUT2D eigenvalue weighted by Crippen LogP contribution is 2.38. The van der Waals surface area contributed by atoms with Crippen molar-refractivity contribution < 1.29 is 9.53 Å². The van der Waals surface area contributed by atoms with Gasteiger partial charge in [-0.15, -0.1) is 12.3 Å². The zero-order chi connectivity index (χ0) is 6.85. The highest BCUT2D eigenvalue weighted by Gasteiger charge is 2.42. The van der Waals surface area contributed by atoms with E-state index in [0.29, 0.717) is 0 Å². The normalized spacial score (nSPS) is 30.7. The van der Waals surface area contributed by atoms with Gasteiger partial charge in [-0.25, -0.2) is 0 Å². The van der Waals surface area contributed by atoms with Crippen molar-refractivity contribution in [3.05, 3.63) is 0 Å². The molecule has 0 bridgehead atoms. The van der Waals surface area contributed by atoms with Crippen LogP contribution >= 0.6 is 0 Å². The third kappa shape index (κ3) is 1.05. The number of methoxy groups -OCH3 is 1. The van der Waals surface area contributed by atoms with Crippen molar-refractivity contribution in [1.29, 1.82) is 0 Å². The average molecular weight is 124 g/mol. The van der Waals surface area contributed by atoms with Gasteiger partial charge in [0.05, 0.1) is 13.0 Å². The number of terminal acetylenes is 1. The first kappa shape index (κ1) is 6.15. The monoisotopic (exact) mass is 124 g/mol. The summed E-state index contributed by atoms with van der Waals surface area (Å²) in [6.45, 7) is 0. The van der Waals surface area contributed by atoms with E-state index < -0.39 is 0 Å². The van der Waals surface area contributed by atoms with Crippen molar-refractivity contribution >= 4 is 5.97 Å². The third-order valence-electron chi connectivity index (χ3n) is 1.51. The largest absolute Gasteiger partial charge is 0.469 e. The highest BCUT2D eigenvalue weighted by atomic mass is 16.5. The summed E-state index contributed by atoms with van der Waals surface area (Å²) in [5.41, 5.74) is 0. The van der Waals surface area contributed by atoms with Gasteiger partial charge in [0.15, 0.2) is 0 Å². The van der Waals surface area contributed by atoms with E-state index in [9.17, 15) is 4.79 Å². The standard InChI is InChI=1S/C7H8O2/c1-3-5-4-6(5)7(8)9-2/h1,5-6H,4H2,2H3/t5-,6?/m0/s1. The van der Waals surface area contributed by atoms with Crippen molar-refractivity contribution in [3.63, 3.8) is 0 Å². The number of rotatable bonds is 1. The van der Waals surface area contributed by atoms with Crippen LogP contribution in [-0.4, -0.2) is 13.1 Å². The lowest BCUT2D eigenvalue weighted by atomic mass is 10.3. The van der Waals surface area contributed by atoms with Crippen molar-refractivity contribution in [2.24, 2.45) is 11.8 Å². The first-order valence-corrected chi connectivity index (χ1v) is 2.83. The molecule has 9 heavy (non-hydrogen) atoms. The SMILES string of the molecule is C#C[C@H]1CC1C(=O)OC. The molecule has 0 amide bonds. The van der Waals surface area contributed by atoms with E-state index in [1.165, 1.54) is 7.11 Å². The van der Waals surface area contributed by atoms with Gasteiger partial charge in [-0.05, 0) is 6.42 Å². The van der Waals surface area contributed by atoms with Gasteiger partial charge >= 0.3 is 5.97 Å². The lowest BCUT2D eigenvalue weighted by Crippen LogP contribution is -2.03. The quantitative estimate of drug-likeness (QED) is 0.374. The van der Waals surface area contributed by atoms with Gasteiger partial charge in [-0.2, -0.15) is 0 Å². The van der Waals surface area contributed by atoms with Crippen LogP contribution in [0.5, 0.6) is 0 Å². The molecule has 0 N–H and O–H groups in total. The van der Waals surface area contributed by atoms with Crippen LogP contribution < -0.4 is 0 Å². The summed E-state index contributed by atoms with van der Waals surface area (Å²) < 4.78 is 4.47. The zero-order valence-corrected chi connectivity index (χ0v) is 5.26. The molecule has 1 unspecified atom stereocenters. The molecule has 0 spiro atoms. The molecule has 2 heteroatoms. The summed E-state index contributed by atoms with van der Waals surface area (Å²) >= 11 is 0. The second-order valence-corrected chi connectivity index (χ2v) is 2.14. The molecule has 0 saturated heterocycles. The van der Waals surface area contributed by atoms with Gasteiger partial charge in [0, 0.05) is 5.92 Å². The van der Waals surface area contributed by atoms with E-state index in [1.807, 2.05) is 0 Å². The minimum absolute atomic E-state index is 0.000000000000000222. The van der Waals surface area contributed by atoms with Gasteiger partial charge in [0.1, 0.15) is 0 Å². The first-order valence-electron chi connectivity index (χ1n) is 2.83. The molecule has 1 aliphatic carbocycles. The molecular formula is C7H8O2. The molecule has 0 aromatic carbocycles. The van der Waals surface area contributed by atoms with Crippen LogP contribution in [0, 0.1) is 24.2 Å². The molecule has 1 rings (SSSR count). The summed E-state index contributed by atoms with van der Waals surface area (Å²) in [6, 6.07) is 0. The van der Waals surface area contributed by atoms with E-state index in [4.69, 9.17) is 6.42 Å². The lowest BCUT2D eigenvalue weighted by molar-refractivity contribution is -0.142. The Hall–Kier alpha value is -0.970. The molecule has 2 atom stereocenters. The Morgan fingerprint density at radius 1 is 1.89 bits per heavy atom. The summed E-state index contributed by atoms with van der Waals surface area (Å²) in [5, 5.41) is 0. The second-order valence-electron chi connectivity index (χ2n) is 2.14. The second kappa shape index (κ2) is 2.10. The molecule has 0 aromatic heterocycles. The zero-order valence-electron chi connectivity index (χ0n) is 5.26. The Kier molecular flexibility index (Phi) is 1.44. The maximum absolute atomic E-state index is 10.6. The molecular weight excluding hydrogens is 116 g/mol. The Balaban J connectivity index is 2.36. The topological polar surface area (TPSA) is 26.3 Å². The summed E-state index contributed by atoms with van der Waals surface area (Å²) in [5.74, 6) is 2.49. The first-order chi connectivity index (χ1) is 4.29. The fraction of sp³-hybridized carbons (Fsp3) is 0.571. The van der Waals surface area contributed by atoms with Gasteiger partial charge in [-0.1, -0.05) is 0 Å². The number of ether oxygens (including phenoxy) is 1. The molecule has 0 aromatic rings. The predicted molar refractivity (Wildman–Crippen MR) is 32.4 cm³/mol. The van der Waals surface area contributed by atoms with Crippen LogP contribution in [0.2, 0.25) is 0 Å². The third-order valence-corrected chi connectivity index (χ3v) is 1.51. The van der Waals surface area contributed by atoms with Crippen LogP contribution in [0.1, 0.15) is 6.42 Å². The number of hydrogen-bond donors (Lipinski definition) is 0. The number of carbonyl (C=O) groups excluding carboxylic acids is 1. The van der Waals surface area contributed by atoms with Crippen molar-refractivity contribution in [2.75, 3.05) is 7.11 Å². The molecule has 1 aliphatic rings. The van der Waals surface area contributed by atoms with E-state index in [2.05, 4.69) is 10.7 Å². The number of carbonyl (C=O) groups is 1. The molecule has 0 heterocycles. The Morgan fingerprint density at radius 2 is 2.56 bits per heavy atom. The van der Waals surface area contributed by atoms with Gasteiger partial charge in [0.25, 0.3) is 0 Å². The van der Waals surface area contributed by atoms with E-state index in [0.717, 1.165) is 6.42 Å². The van der Waals surface area contributed by atoms with Crippen LogP contribution in [-0.2, 0) is 9.53 Å². The minimum atomic E-state index is -0.169. The van der Waals surface area contributed by atoms with Crippen LogP contribution in [0.3, 0.4) is 0 Å². The molecule has 1 fully saturated rings. The van der Waals surface area contributed by atoms with Crippen molar-refractivity contribution in [1.82, 2.24) is 0 Å². The van der Waals surface area contributed by atoms with Crippen molar-refractivity contribution in [3.8, 4) is 12.3 Å². The van der Waals surface area contributed by atoms with Crippen LogP contribution in [0.15, 0.2) is 0 Å².